The van der Waals surface area contributed by atoms with Crippen molar-refractivity contribution in [3.05, 3.63) is 47.9 Å². The second-order valence-electron chi connectivity index (χ2n) is 5.15. The van der Waals surface area contributed by atoms with E-state index >= 15 is 0 Å². The van der Waals surface area contributed by atoms with Gasteiger partial charge in [-0.1, -0.05) is 19.9 Å². The van der Waals surface area contributed by atoms with E-state index in [2.05, 4.69) is 15.3 Å². The minimum absolute atomic E-state index is 0.137. The first-order valence-electron chi connectivity index (χ1n) is 6.77. The Hall–Kier alpha value is -2.63. The highest BCUT2D eigenvalue weighted by atomic mass is 16.4. The van der Waals surface area contributed by atoms with E-state index in [1.807, 2.05) is 38.2 Å². The molecule has 1 N–H and O–H groups in total. The lowest BCUT2D eigenvalue weighted by Gasteiger charge is -2.02. The summed E-state index contributed by atoms with van der Waals surface area (Å²) < 4.78 is 7.34. The van der Waals surface area contributed by atoms with Gasteiger partial charge < -0.3 is 4.42 Å². The van der Waals surface area contributed by atoms with Gasteiger partial charge in [0.15, 0.2) is 5.89 Å². The number of pyridine rings is 1. The van der Waals surface area contributed by atoms with Gasteiger partial charge in [-0.15, -0.1) is 0 Å². The van der Waals surface area contributed by atoms with Gasteiger partial charge in [-0.3, -0.25) is 14.5 Å². The van der Waals surface area contributed by atoms with Gasteiger partial charge in [0.25, 0.3) is 5.91 Å². The number of carbonyl (C=O) groups excluding carboxylic acids is 1. The number of nitrogens with one attached hydrogen (secondary N) is 1. The molecule has 3 aromatic rings. The highest BCUT2D eigenvalue weighted by Crippen LogP contribution is 2.19. The van der Waals surface area contributed by atoms with Crippen LogP contribution in [0.1, 0.15) is 41.9 Å². The molecular formula is C15H16N4O2. The van der Waals surface area contributed by atoms with Crippen LogP contribution in [0.4, 0.5) is 5.95 Å². The summed E-state index contributed by atoms with van der Waals surface area (Å²) in [6, 6.07) is 5.71. The third-order valence-electron chi connectivity index (χ3n) is 3.18. The zero-order chi connectivity index (χ0) is 15.0. The number of amides is 1. The monoisotopic (exact) mass is 284 g/mol. The molecule has 0 fully saturated rings. The number of anilines is 1. The van der Waals surface area contributed by atoms with Gasteiger partial charge in [0, 0.05) is 12.1 Å². The summed E-state index contributed by atoms with van der Waals surface area (Å²) in [7, 11) is 0. The standard InChI is InChI=1S/C15H16N4O2/c1-9(2)14-17-10(3)12(21-14)13(20)18-15-16-8-11-6-4-5-7-19(11)15/h4-9H,1-3H3,(H,16,18,20). The molecule has 0 bridgehead atoms. The number of hydrogen-bond donors (Lipinski definition) is 1. The molecule has 0 saturated carbocycles. The van der Waals surface area contributed by atoms with Crippen molar-refractivity contribution in [3.63, 3.8) is 0 Å². The normalized spacial score (nSPS) is 11.2. The van der Waals surface area contributed by atoms with E-state index < -0.39 is 0 Å². The molecule has 6 heteroatoms. The smallest absolute Gasteiger partial charge is 0.295 e. The first kappa shape index (κ1) is 13.4. The molecule has 0 aliphatic rings. The SMILES string of the molecule is Cc1nc(C(C)C)oc1C(=O)Nc1ncc2ccccn12. The van der Waals surface area contributed by atoms with Crippen molar-refractivity contribution in [1.29, 1.82) is 0 Å². The Labute approximate surface area is 121 Å². The lowest BCUT2D eigenvalue weighted by molar-refractivity contribution is 0.0993. The van der Waals surface area contributed by atoms with Crippen LogP contribution in [0.5, 0.6) is 0 Å². The number of nitrogens with zero attached hydrogens (tertiary/aromatic N) is 3. The quantitative estimate of drug-likeness (QED) is 0.802. The van der Waals surface area contributed by atoms with Crippen LogP contribution in [0.15, 0.2) is 35.0 Å². The number of fused-ring (bicyclic) bond motifs is 1. The summed E-state index contributed by atoms with van der Waals surface area (Å²) in [4.78, 5) is 20.8. The first-order valence-corrected chi connectivity index (χ1v) is 6.77. The molecule has 0 spiro atoms. The molecule has 0 aromatic carbocycles. The molecule has 0 saturated heterocycles. The highest BCUT2D eigenvalue weighted by Gasteiger charge is 2.20. The zero-order valence-electron chi connectivity index (χ0n) is 12.1. The summed E-state index contributed by atoms with van der Waals surface area (Å²) in [6.45, 7) is 5.69. The van der Waals surface area contributed by atoms with Crippen LogP contribution >= 0.6 is 0 Å². The molecule has 1 amide bonds. The fourth-order valence-electron chi connectivity index (χ4n) is 2.07. The van der Waals surface area contributed by atoms with E-state index in [1.54, 1.807) is 17.5 Å². The molecule has 0 unspecified atom stereocenters. The van der Waals surface area contributed by atoms with Gasteiger partial charge in [0.2, 0.25) is 11.7 Å². The average Bonchev–Trinajstić information content (AvgIpc) is 3.03. The molecule has 3 heterocycles. The number of aromatic nitrogens is 3. The number of carbonyl (C=O) groups is 1. The highest BCUT2D eigenvalue weighted by molar-refractivity contribution is 6.02. The Morgan fingerprint density at radius 1 is 1.38 bits per heavy atom. The number of hydrogen-bond acceptors (Lipinski definition) is 4. The molecule has 0 atom stereocenters. The minimum atomic E-state index is -0.344. The molecule has 0 aliphatic heterocycles. The van der Waals surface area contributed by atoms with Crippen LogP contribution in [-0.2, 0) is 0 Å². The lowest BCUT2D eigenvalue weighted by atomic mass is 10.2. The molecule has 3 rings (SSSR count). The average molecular weight is 284 g/mol. The summed E-state index contributed by atoms with van der Waals surface area (Å²) in [5.74, 6) is 1.04. The minimum Gasteiger partial charge on any atom is -0.435 e. The number of oxazole rings is 1. The van der Waals surface area contributed by atoms with Gasteiger partial charge in [-0.25, -0.2) is 9.97 Å². The van der Waals surface area contributed by atoms with Crippen LogP contribution < -0.4 is 5.32 Å². The Bertz CT molecular complexity index is 801. The van der Waals surface area contributed by atoms with Crippen molar-refractivity contribution in [2.24, 2.45) is 0 Å². The van der Waals surface area contributed by atoms with Crippen molar-refractivity contribution >= 4 is 17.4 Å². The Morgan fingerprint density at radius 3 is 2.90 bits per heavy atom. The van der Waals surface area contributed by atoms with Crippen LogP contribution in [0.3, 0.4) is 0 Å². The Kier molecular flexibility index (Phi) is 3.21. The second-order valence-corrected chi connectivity index (χ2v) is 5.15. The predicted octanol–water partition coefficient (Wildman–Crippen LogP) is 3.01. The van der Waals surface area contributed by atoms with Crippen LogP contribution in [0, 0.1) is 6.92 Å². The molecular weight excluding hydrogens is 268 g/mol. The molecule has 108 valence electrons. The van der Waals surface area contributed by atoms with Crippen LogP contribution in [0.25, 0.3) is 5.52 Å². The molecule has 3 aromatic heterocycles. The van der Waals surface area contributed by atoms with Gasteiger partial charge in [0.05, 0.1) is 17.4 Å². The van der Waals surface area contributed by atoms with Crippen molar-refractivity contribution in [2.45, 2.75) is 26.7 Å². The van der Waals surface area contributed by atoms with Gasteiger partial charge >= 0.3 is 0 Å². The molecule has 6 nitrogen and oxygen atoms in total. The Morgan fingerprint density at radius 2 is 2.19 bits per heavy atom. The lowest BCUT2D eigenvalue weighted by Crippen LogP contribution is -2.14. The number of rotatable bonds is 3. The van der Waals surface area contributed by atoms with E-state index in [1.165, 1.54) is 0 Å². The van der Waals surface area contributed by atoms with Crippen molar-refractivity contribution in [2.75, 3.05) is 5.32 Å². The van der Waals surface area contributed by atoms with Crippen molar-refractivity contribution in [3.8, 4) is 0 Å². The largest absolute Gasteiger partial charge is 0.435 e. The fraction of sp³-hybridized carbons (Fsp3) is 0.267. The second kappa shape index (κ2) is 5.05. The first-order chi connectivity index (χ1) is 10.1. The van der Waals surface area contributed by atoms with E-state index in [4.69, 9.17) is 4.42 Å². The maximum Gasteiger partial charge on any atom is 0.295 e. The third-order valence-corrected chi connectivity index (χ3v) is 3.18. The van der Waals surface area contributed by atoms with Gasteiger partial charge in [-0.05, 0) is 19.1 Å². The zero-order valence-corrected chi connectivity index (χ0v) is 12.1. The third kappa shape index (κ3) is 2.40. The maximum atomic E-state index is 12.3. The molecule has 0 aliphatic carbocycles. The fourth-order valence-corrected chi connectivity index (χ4v) is 2.07. The topological polar surface area (TPSA) is 72.4 Å². The van der Waals surface area contributed by atoms with Crippen molar-refractivity contribution < 1.29 is 9.21 Å². The Balaban J connectivity index is 1.89. The van der Waals surface area contributed by atoms with E-state index in [-0.39, 0.29) is 17.6 Å². The van der Waals surface area contributed by atoms with Crippen molar-refractivity contribution in [1.82, 2.24) is 14.4 Å². The predicted molar refractivity (Wildman–Crippen MR) is 78.5 cm³/mol. The number of imidazole rings is 1. The molecule has 0 radical (unpaired) electrons. The maximum absolute atomic E-state index is 12.3. The van der Waals surface area contributed by atoms with Crippen LogP contribution in [0.2, 0.25) is 0 Å². The van der Waals surface area contributed by atoms with Crippen LogP contribution in [-0.4, -0.2) is 20.3 Å². The summed E-state index contributed by atoms with van der Waals surface area (Å²) in [6.07, 6.45) is 3.53. The van der Waals surface area contributed by atoms with E-state index in [0.29, 0.717) is 17.5 Å². The van der Waals surface area contributed by atoms with E-state index in [9.17, 15) is 4.79 Å². The number of aryl methyl sites for hydroxylation is 1. The summed E-state index contributed by atoms with van der Waals surface area (Å²) >= 11 is 0. The van der Waals surface area contributed by atoms with E-state index in [0.717, 1.165) is 5.52 Å². The van der Waals surface area contributed by atoms with Gasteiger partial charge in [-0.2, -0.15) is 0 Å². The van der Waals surface area contributed by atoms with Gasteiger partial charge in [0.1, 0.15) is 0 Å². The summed E-state index contributed by atoms with van der Waals surface area (Å²) in [5, 5.41) is 2.75. The summed E-state index contributed by atoms with van der Waals surface area (Å²) in [5.41, 5.74) is 1.49. The molecule has 21 heavy (non-hydrogen) atoms.